The number of rotatable bonds is 5. The van der Waals surface area contributed by atoms with Gasteiger partial charge in [-0.05, 0) is 59.5 Å². The number of hydrogen-bond acceptors (Lipinski definition) is 4. The summed E-state index contributed by atoms with van der Waals surface area (Å²) in [5.74, 6) is 0.549. The molecule has 0 N–H and O–H groups in total. The third-order valence-corrected chi connectivity index (χ3v) is 6.44. The lowest BCUT2D eigenvalue weighted by Crippen LogP contribution is -2.41. The predicted molar refractivity (Wildman–Crippen MR) is 106 cm³/mol. The Kier molecular flexibility index (Phi) is 6.11. The van der Waals surface area contributed by atoms with E-state index in [0.29, 0.717) is 31.8 Å². The van der Waals surface area contributed by atoms with Crippen molar-refractivity contribution < 1.29 is 13.2 Å². The molecule has 0 spiro atoms. The molecule has 26 heavy (non-hydrogen) atoms. The SMILES string of the molecule is Cc1ccc(C=CS(=O)(=O)N2CCC(Oc3ncccc3Br)CC2)cc1. The first-order valence-electron chi connectivity index (χ1n) is 8.46. The van der Waals surface area contributed by atoms with Crippen LogP contribution in [0.2, 0.25) is 0 Å². The van der Waals surface area contributed by atoms with Gasteiger partial charge < -0.3 is 4.74 Å². The van der Waals surface area contributed by atoms with E-state index in [2.05, 4.69) is 20.9 Å². The number of halogens is 1. The third-order valence-electron chi connectivity index (χ3n) is 4.27. The molecular weight excluding hydrogens is 416 g/mol. The first-order valence-corrected chi connectivity index (χ1v) is 10.8. The zero-order valence-corrected chi connectivity index (χ0v) is 16.9. The van der Waals surface area contributed by atoms with Crippen molar-refractivity contribution in [1.82, 2.24) is 9.29 Å². The van der Waals surface area contributed by atoms with Gasteiger partial charge in [-0.2, -0.15) is 4.31 Å². The second-order valence-electron chi connectivity index (χ2n) is 6.27. The minimum atomic E-state index is -3.42. The van der Waals surface area contributed by atoms with E-state index in [1.165, 1.54) is 9.71 Å². The summed E-state index contributed by atoms with van der Waals surface area (Å²) in [6.07, 6.45) is 4.56. The molecule has 1 aliphatic rings. The molecule has 0 unspecified atom stereocenters. The van der Waals surface area contributed by atoms with E-state index in [4.69, 9.17) is 4.74 Å². The van der Waals surface area contributed by atoms with Gasteiger partial charge in [0.25, 0.3) is 0 Å². The van der Waals surface area contributed by atoms with Crippen molar-refractivity contribution in [3.8, 4) is 5.88 Å². The number of aromatic nitrogens is 1. The van der Waals surface area contributed by atoms with Gasteiger partial charge in [0.2, 0.25) is 15.9 Å². The summed E-state index contributed by atoms with van der Waals surface area (Å²) in [6, 6.07) is 11.4. The Bertz CT molecular complexity index is 874. The predicted octanol–water partition coefficient (Wildman–Crippen LogP) is 4.00. The average Bonchev–Trinajstić information content (AvgIpc) is 2.64. The smallest absolute Gasteiger partial charge is 0.236 e. The van der Waals surface area contributed by atoms with E-state index in [1.807, 2.05) is 43.3 Å². The molecule has 1 saturated heterocycles. The van der Waals surface area contributed by atoms with Gasteiger partial charge in [-0.15, -0.1) is 0 Å². The van der Waals surface area contributed by atoms with Crippen LogP contribution in [0.5, 0.6) is 5.88 Å². The molecule has 0 bridgehead atoms. The van der Waals surface area contributed by atoms with Crippen LogP contribution in [0.15, 0.2) is 52.5 Å². The van der Waals surface area contributed by atoms with Crippen molar-refractivity contribution in [2.75, 3.05) is 13.1 Å². The molecule has 1 aromatic carbocycles. The largest absolute Gasteiger partial charge is 0.473 e. The van der Waals surface area contributed by atoms with Gasteiger partial charge in [-0.25, -0.2) is 13.4 Å². The molecule has 0 atom stereocenters. The van der Waals surface area contributed by atoms with E-state index in [-0.39, 0.29) is 6.10 Å². The highest BCUT2D eigenvalue weighted by Crippen LogP contribution is 2.25. The molecule has 0 aliphatic carbocycles. The molecule has 3 rings (SSSR count). The topological polar surface area (TPSA) is 59.5 Å². The van der Waals surface area contributed by atoms with Crippen molar-refractivity contribution >= 4 is 32.0 Å². The molecule has 0 amide bonds. The van der Waals surface area contributed by atoms with E-state index < -0.39 is 10.0 Å². The molecule has 1 aliphatic heterocycles. The van der Waals surface area contributed by atoms with E-state index >= 15 is 0 Å². The van der Waals surface area contributed by atoms with Crippen LogP contribution in [0.1, 0.15) is 24.0 Å². The highest BCUT2D eigenvalue weighted by atomic mass is 79.9. The lowest BCUT2D eigenvalue weighted by atomic mass is 10.1. The molecule has 1 fully saturated rings. The van der Waals surface area contributed by atoms with E-state index in [1.54, 1.807) is 12.3 Å². The Morgan fingerprint density at radius 1 is 1.19 bits per heavy atom. The average molecular weight is 437 g/mol. The number of piperidine rings is 1. The van der Waals surface area contributed by atoms with Crippen LogP contribution in [-0.2, 0) is 10.0 Å². The minimum Gasteiger partial charge on any atom is -0.473 e. The molecule has 2 aromatic rings. The number of ether oxygens (including phenoxy) is 1. The number of nitrogens with zero attached hydrogens (tertiary/aromatic N) is 2. The lowest BCUT2D eigenvalue weighted by Gasteiger charge is -2.30. The molecule has 2 heterocycles. The second kappa shape index (κ2) is 8.33. The number of sulfonamides is 1. The molecule has 5 nitrogen and oxygen atoms in total. The Morgan fingerprint density at radius 3 is 2.54 bits per heavy atom. The fourth-order valence-electron chi connectivity index (χ4n) is 2.75. The maximum absolute atomic E-state index is 12.5. The van der Waals surface area contributed by atoms with Crippen LogP contribution < -0.4 is 4.74 Å². The summed E-state index contributed by atoms with van der Waals surface area (Å²) >= 11 is 3.41. The Balaban J connectivity index is 1.58. The summed E-state index contributed by atoms with van der Waals surface area (Å²) in [4.78, 5) is 4.20. The Morgan fingerprint density at radius 2 is 1.88 bits per heavy atom. The summed E-state index contributed by atoms with van der Waals surface area (Å²) in [6.45, 7) is 2.88. The molecular formula is C19H21BrN2O3S. The summed E-state index contributed by atoms with van der Waals surface area (Å²) in [5.41, 5.74) is 2.02. The van der Waals surface area contributed by atoms with Gasteiger partial charge in [0.05, 0.1) is 4.47 Å². The molecule has 7 heteroatoms. The van der Waals surface area contributed by atoms with Gasteiger partial charge in [0, 0.05) is 24.7 Å². The molecule has 0 saturated carbocycles. The lowest BCUT2D eigenvalue weighted by molar-refractivity contribution is 0.129. The van der Waals surface area contributed by atoms with Crippen molar-refractivity contribution in [3.05, 3.63) is 63.6 Å². The van der Waals surface area contributed by atoms with Crippen molar-refractivity contribution in [2.24, 2.45) is 0 Å². The van der Waals surface area contributed by atoms with Crippen LogP contribution in [0, 0.1) is 6.92 Å². The van der Waals surface area contributed by atoms with Gasteiger partial charge in [-0.1, -0.05) is 29.8 Å². The van der Waals surface area contributed by atoms with Gasteiger partial charge >= 0.3 is 0 Å². The quantitative estimate of drug-likeness (QED) is 0.710. The highest BCUT2D eigenvalue weighted by Gasteiger charge is 2.27. The number of pyridine rings is 1. The standard InChI is InChI=1S/C19H21BrN2O3S/c1-15-4-6-16(7-5-15)10-14-26(23,24)22-12-8-17(9-13-22)25-19-18(20)3-2-11-21-19/h2-7,10-11,14,17H,8-9,12-13H2,1H3. The van der Waals surface area contributed by atoms with Crippen LogP contribution >= 0.6 is 15.9 Å². The van der Waals surface area contributed by atoms with Crippen molar-refractivity contribution in [3.63, 3.8) is 0 Å². The normalized spacial score (nSPS) is 16.8. The van der Waals surface area contributed by atoms with E-state index in [0.717, 1.165) is 15.6 Å². The number of aryl methyl sites for hydroxylation is 1. The minimum absolute atomic E-state index is 0.0336. The Labute approximate surface area is 162 Å². The van der Waals surface area contributed by atoms with Gasteiger partial charge in [0.1, 0.15) is 6.10 Å². The summed E-state index contributed by atoms with van der Waals surface area (Å²) in [7, 11) is -3.42. The van der Waals surface area contributed by atoms with E-state index in [9.17, 15) is 8.42 Å². The monoisotopic (exact) mass is 436 g/mol. The highest BCUT2D eigenvalue weighted by molar-refractivity contribution is 9.10. The van der Waals surface area contributed by atoms with Crippen molar-refractivity contribution in [1.29, 1.82) is 0 Å². The van der Waals surface area contributed by atoms with Gasteiger partial charge in [0.15, 0.2) is 0 Å². The first-order chi connectivity index (χ1) is 12.4. The van der Waals surface area contributed by atoms with Crippen LogP contribution in [0.4, 0.5) is 0 Å². The Hall–Kier alpha value is -1.70. The van der Waals surface area contributed by atoms with Crippen LogP contribution in [0.3, 0.4) is 0 Å². The van der Waals surface area contributed by atoms with Crippen LogP contribution in [0.25, 0.3) is 6.08 Å². The van der Waals surface area contributed by atoms with Crippen LogP contribution in [-0.4, -0.2) is 36.9 Å². The third kappa shape index (κ3) is 4.93. The summed E-state index contributed by atoms with van der Waals surface area (Å²) in [5, 5.41) is 1.29. The molecule has 138 valence electrons. The first kappa shape index (κ1) is 19.1. The summed E-state index contributed by atoms with van der Waals surface area (Å²) < 4.78 is 33.2. The fraction of sp³-hybridized carbons (Fsp3) is 0.316. The zero-order chi connectivity index (χ0) is 18.6. The van der Waals surface area contributed by atoms with Gasteiger partial charge in [-0.3, -0.25) is 0 Å². The number of benzene rings is 1. The fourth-order valence-corrected chi connectivity index (χ4v) is 4.32. The molecule has 0 radical (unpaired) electrons. The zero-order valence-electron chi connectivity index (χ0n) is 14.5. The van der Waals surface area contributed by atoms with Crippen molar-refractivity contribution in [2.45, 2.75) is 25.9 Å². The maximum atomic E-state index is 12.5. The number of hydrogen-bond donors (Lipinski definition) is 0. The second-order valence-corrected chi connectivity index (χ2v) is 8.94. The molecule has 1 aromatic heterocycles. The maximum Gasteiger partial charge on any atom is 0.236 e.